The van der Waals surface area contributed by atoms with E-state index in [9.17, 15) is 9.59 Å². The first-order valence-electron chi connectivity index (χ1n) is 4.73. The van der Waals surface area contributed by atoms with E-state index < -0.39 is 12.0 Å². The zero-order valence-corrected chi connectivity index (χ0v) is 10.3. The maximum Gasteiger partial charge on any atom is 0.305 e. The molecule has 1 aromatic rings. The van der Waals surface area contributed by atoms with Crippen LogP contribution in [0, 0.1) is 0 Å². The third-order valence-electron chi connectivity index (χ3n) is 2.01. The molecule has 0 aliphatic heterocycles. The van der Waals surface area contributed by atoms with Crippen LogP contribution in [0.5, 0.6) is 0 Å². The minimum atomic E-state index is -0.946. The number of hydrogen-bond donors (Lipinski definition) is 2. The number of benzene rings is 1. The van der Waals surface area contributed by atoms with Crippen LogP contribution in [-0.2, 0) is 9.59 Å². The van der Waals surface area contributed by atoms with E-state index in [-0.39, 0.29) is 12.3 Å². The van der Waals surface area contributed by atoms with Crippen LogP contribution in [0.2, 0.25) is 0 Å². The Morgan fingerprint density at radius 1 is 1.50 bits per heavy atom. The van der Waals surface area contributed by atoms with Gasteiger partial charge in [0.05, 0.1) is 12.5 Å². The molecule has 0 aliphatic rings. The summed E-state index contributed by atoms with van der Waals surface area (Å²) in [5.41, 5.74) is 0.770. The molecule has 0 saturated heterocycles. The van der Waals surface area contributed by atoms with Crippen molar-refractivity contribution in [1.29, 1.82) is 0 Å². The van der Waals surface area contributed by atoms with Crippen LogP contribution in [0.15, 0.2) is 28.7 Å². The fraction of sp³-hybridized carbons (Fsp3) is 0.273. The lowest BCUT2D eigenvalue weighted by Gasteiger charge is -2.16. The Balaban J connectivity index is 2.90. The molecule has 1 rings (SSSR count). The van der Waals surface area contributed by atoms with E-state index in [0.717, 1.165) is 10.0 Å². The summed E-state index contributed by atoms with van der Waals surface area (Å²) >= 11 is 3.30. The van der Waals surface area contributed by atoms with Crippen molar-refractivity contribution in [2.75, 3.05) is 0 Å². The molecule has 4 nitrogen and oxygen atoms in total. The normalized spacial score (nSPS) is 11.9. The highest BCUT2D eigenvalue weighted by Crippen LogP contribution is 2.20. The van der Waals surface area contributed by atoms with Gasteiger partial charge < -0.3 is 10.4 Å². The largest absolute Gasteiger partial charge is 0.481 e. The molecule has 1 unspecified atom stereocenters. The molecule has 5 heteroatoms. The number of carbonyl (C=O) groups is 2. The highest BCUT2D eigenvalue weighted by Gasteiger charge is 2.16. The van der Waals surface area contributed by atoms with Gasteiger partial charge in [-0.25, -0.2) is 0 Å². The van der Waals surface area contributed by atoms with Gasteiger partial charge in [0, 0.05) is 11.4 Å². The third-order valence-corrected chi connectivity index (χ3v) is 2.50. The first-order chi connectivity index (χ1) is 7.49. The van der Waals surface area contributed by atoms with E-state index >= 15 is 0 Å². The second kappa shape index (κ2) is 5.65. The predicted octanol–water partition coefficient (Wildman–Crippen LogP) is 2.10. The van der Waals surface area contributed by atoms with Gasteiger partial charge in [-0.3, -0.25) is 9.59 Å². The summed E-state index contributed by atoms with van der Waals surface area (Å²) in [5.74, 6) is -1.19. The van der Waals surface area contributed by atoms with E-state index in [1.54, 1.807) is 18.2 Å². The van der Waals surface area contributed by atoms with Gasteiger partial charge in [0.1, 0.15) is 0 Å². The first-order valence-corrected chi connectivity index (χ1v) is 5.52. The van der Waals surface area contributed by atoms with Crippen LogP contribution in [0.3, 0.4) is 0 Å². The van der Waals surface area contributed by atoms with Gasteiger partial charge in [-0.05, 0) is 17.7 Å². The van der Waals surface area contributed by atoms with Crippen LogP contribution < -0.4 is 5.32 Å². The zero-order valence-electron chi connectivity index (χ0n) is 8.74. The Hall–Kier alpha value is -1.36. The van der Waals surface area contributed by atoms with E-state index in [0.29, 0.717) is 0 Å². The summed E-state index contributed by atoms with van der Waals surface area (Å²) in [6.45, 7) is 1.37. The predicted molar refractivity (Wildman–Crippen MR) is 63.0 cm³/mol. The standard InChI is InChI=1S/C11H12BrNO3/c1-7(14)13-10(6-11(15)16)8-3-2-4-9(12)5-8/h2-5,10H,6H2,1H3,(H,13,14)(H,15,16). The minimum absolute atomic E-state index is 0.129. The highest BCUT2D eigenvalue weighted by atomic mass is 79.9. The van der Waals surface area contributed by atoms with E-state index in [2.05, 4.69) is 21.2 Å². The Kier molecular flexibility index (Phi) is 4.49. The molecule has 0 bridgehead atoms. The molecular formula is C11H12BrNO3. The van der Waals surface area contributed by atoms with Gasteiger partial charge >= 0.3 is 5.97 Å². The maximum absolute atomic E-state index is 11.0. The summed E-state index contributed by atoms with van der Waals surface area (Å²) in [7, 11) is 0. The molecule has 0 fully saturated rings. The van der Waals surface area contributed by atoms with Crippen molar-refractivity contribution in [2.24, 2.45) is 0 Å². The quantitative estimate of drug-likeness (QED) is 0.890. The lowest BCUT2D eigenvalue weighted by molar-refractivity contribution is -0.137. The summed E-state index contributed by atoms with van der Waals surface area (Å²) in [6, 6.07) is 6.73. The van der Waals surface area contributed by atoms with Crippen molar-refractivity contribution in [2.45, 2.75) is 19.4 Å². The number of carboxylic acids is 1. The monoisotopic (exact) mass is 285 g/mol. The number of rotatable bonds is 4. The van der Waals surface area contributed by atoms with Crippen molar-refractivity contribution < 1.29 is 14.7 Å². The lowest BCUT2D eigenvalue weighted by Crippen LogP contribution is -2.27. The van der Waals surface area contributed by atoms with Crippen molar-refractivity contribution in [3.63, 3.8) is 0 Å². The zero-order chi connectivity index (χ0) is 12.1. The molecule has 1 amide bonds. The van der Waals surface area contributed by atoms with Gasteiger partial charge in [-0.2, -0.15) is 0 Å². The fourth-order valence-electron chi connectivity index (χ4n) is 1.40. The molecule has 0 aromatic heterocycles. The Morgan fingerprint density at radius 2 is 2.19 bits per heavy atom. The SMILES string of the molecule is CC(=O)NC(CC(=O)O)c1cccc(Br)c1. The van der Waals surface area contributed by atoms with Crippen molar-refractivity contribution >= 4 is 27.8 Å². The molecule has 2 N–H and O–H groups in total. The molecule has 0 spiro atoms. The molecule has 0 aliphatic carbocycles. The first kappa shape index (κ1) is 12.7. The smallest absolute Gasteiger partial charge is 0.305 e. The number of hydrogen-bond acceptors (Lipinski definition) is 2. The number of aliphatic carboxylic acids is 1. The third kappa shape index (κ3) is 4.02. The molecule has 0 saturated carbocycles. The maximum atomic E-state index is 11.0. The van der Waals surface area contributed by atoms with E-state index in [4.69, 9.17) is 5.11 Å². The highest BCUT2D eigenvalue weighted by molar-refractivity contribution is 9.10. The van der Waals surface area contributed by atoms with Crippen molar-refractivity contribution in [1.82, 2.24) is 5.32 Å². The van der Waals surface area contributed by atoms with E-state index in [1.807, 2.05) is 6.07 Å². The molecule has 0 heterocycles. The summed E-state index contributed by atoms with van der Waals surface area (Å²) in [6.07, 6.45) is -0.129. The van der Waals surface area contributed by atoms with Gasteiger partial charge in [0.25, 0.3) is 0 Å². The molecule has 86 valence electrons. The van der Waals surface area contributed by atoms with E-state index in [1.165, 1.54) is 6.92 Å². The van der Waals surface area contributed by atoms with Crippen LogP contribution in [0.1, 0.15) is 24.9 Å². The minimum Gasteiger partial charge on any atom is -0.481 e. The summed E-state index contributed by atoms with van der Waals surface area (Å²) in [5, 5.41) is 11.4. The molecule has 16 heavy (non-hydrogen) atoms. The second-order valence-corrected chi connectivity index (χ2v) is 4.32. The number of carbonyl (C=O) groups excluding carboxylic acids is 1. The summed E-state index contributed by atoms with van der Waals surface area (Å²) < 4.78 is 0.853. The van der Waals surface area contributed by atoms with Gasteiger partial charge in [-0.1, -0.05) is 28.1 Å². The van der Waals surface area contributed by atoms with Crippen molar-refractivity contribution in [3.05, 3.63) is 34.3 Å². The fourth-order valence-corrected chi connectivity index (χ4v) is 1.81. The van der Waals surface area contributed by atoms with Gasteiger partial charge in [0.15, 0.2) is 0 Å². The van der Waals surface area contributed by atoms with Crippen LogP contribution in [0.25, 0.3) is 0 Å². The second-order valence-electron chi connectivity index (χ2n) is 3.41. The Bertz CT molecular complexity index is 390. The van der Waals surface area contributed by atoms with Crippen LogP contribution in [0.4, 0.5) is 0 Å². The van der Waals surface area contributed by atoms with Crippen LogP contribution >= 0.6 is 15.9 Å². The molecule has 0 radical (unpaired) electrons. The van der Waals surface area contributed by atoms with Crippen molar-refractivity contribution in [3.8, 4) is 0 Å². The number of nitrogens with one attached hydrogen (secondary N) is 1. The van der Waals surface area contributed by atoms with Gasteiger partial charge in [0.2, 0.25) is 5.91 Å². The topological polar surface area (TPSA) is 66.4 Å². The average Bonchev–Trinajstić information content (AvgIpc) is 2.15. The molecule has 1 atom stereocenters. The van der Waals surface area contributed by atoms with Gasteiger partial charge in [-0.15, -0.1) is 0 Å². The molecular weight excluding hydrogens is 274 g/mol. The molecule has 1 aromatic carbocycles. The Labute approximate surface area is 102 Å². The van der Waals surface area contributed by atoms with Crippen LogP contribution in [-0.4, -0.2) is 17.0 Å². The number of amides is 1. The average molecular weight is 286 g/mol. The number of carboxylic acid groups (broad SMARTS) is 1. The lowest BCUT2D eigenvalue weighted by atomic mass is 10.0. The Morgan fingerprint density at radius 3 is 2.69 bits per heavy atom. The number of halogens is 1. The summed E-state index contributed by atoms with van der Waals surface area (Å²) in [4.78, 5) is 21.7.